The predicted molar refractivity (Wildman–Crippen MR) is 204 cm³/mol. The van der Waals surface area contributed by atoms with Gasteiger partial charge in [0.25, 0.3) is 0 Å². The molecule has 274 valence electrons. The Morgan fingerprint density at radius 3 is 2.08 bits per heavy atom. The van der Waals surface area contributed by atoms with Crippen molar-refractivity contribution in [1.82, 2.24) is 19.0 Å². The largest absolute Gasteiger partial charge is 0.493 e. The van der Waals surface area contributed by atoms with Gasteiger partial charge in [0.2, 0.25) is 10.0 Å². The molecular formula is C36H42Cl3N5O5S2. The van der Waals surface area contributed by atoms with Crippen LogP contribution in [-0.4, -0.2) is 108 Å². The summed E-state index contributed by atoms with van der Waals surface area (Å²) in [7, 11) is -4.88. The normalized spacial score (nSPS) is 21.1. The fraction of sp³-hybridized carbons (Fsp3) is 0.444. The van der Waals surface area contributed by atoms with Gasteiger partial charge in [-0.05, 0) is 61.2 Å². The van der Waals surface area contributed by atoms with Crippen LogP contribution >= 0.6 is 34.8 Å². The lowest BCUT2D eigenvalue weighted by molar-refractivity contribution is 0.122. The van der Waals surface area contributed by atoms with E-state index < -0.39 is 32.9 Å². The zero-order chi connectivity index (χ0) is 36.3. The molecule has 0 N–H and O–H groups in total. The van der Waals surface area contributed by atoms with Crippen LogP contribution in [0.1, 0.15) is 55.0 Å². The Labute approximate surface area is 317 Å². The Hall–Kier alpha value is -2.71. The first-order valence-electron chi connectivity index (χ1n) is 17.1. The van der Waals surface area contributed by atoms with E-state index in [1.54, 1.807) is 40.3 Å². The van der Waals surface area contributed by atoms with E-state index in [9.17, 15) is 17.4 Å². The fourth-order valence-electron chi connectivity index (χ4n) is 6.85. The fourth-order valence-corrected chi connectivity index (χ4v) is 9.66. The van der Waals surface area contributed by atoms with Crippen LogP contribution in [0.3, 0.4) is 0 Å². The lowest BCUT2D eigenvalue weighted by Crippen LogP contribution is -2.54. The monoisotopic (exact) mass is 793 g/mol. The quantitative estimate of drug-likeness (QED) is 0.222. The molecule has 3 aromatic rings. The Balaban J connectivity index is 1.50. The third-order valence-corrected chi connectivity index (χ3v) is 13.2. The number of hydrogen-bond donors (Lipinski definition) is 0. The molecule has 3 heterocycles. The molecule has 3 aliphatic rings. The second-order valence-electron chi connectivity index (χ2n) is 12.9. The molecule has 0 bridgehead atoms. The third-order valence-electron chi connectivity index (χ3n) is 9.54. The Morgan fingerprint density at radius 1 is 0.882 bits per heavy atom. The lowest BCUT2D eigenvalue weighted by atomic mass is 9.93. The minimum absolute atomic E-state index is 0.0388. The number of halogens is 3. The third kappa shape index (κ3) is 8.43. The molecule has 51 heavy (non-hydrogen) atoms. The van der Waals surface area contributed by atoms with Crippen molar-refractivity contribution in [2.45, 2.75) is 43.2 Å². The molecule has 0 aliphatic carbocycles. The number of amidine groups is 1. The van der Waals surface area contributed by atoms with Gasteiger partial charge in [-0.3, -0.25) is 19.0 Å². The van der Waals surface area contributed by atoms with Crippen LogP contribution in [-0.2, 0) is 20.8 Å². The lowest BCUT2D eigenvalue weighted by Gasteiger charge is -2.39. The minimum Gasteiger partial charge on any atom is -0.493 e. The van der Waals surface area contributed by atoms with Crippen LogP contribution in [0.25, 0.3) is 0 Å². The molecule has 3 aliphatic heterocycles. The summed E-state index contributed by atoms with van der Waals surface area (Å²) in [4.78, 5) is 25.8. The van der Waals surface area contributed by atoms with Gasteiger partial charge in [-0.1, -0.05) is 65.5 Å². The molecule has 2 fully saturated rings. The van der Waals surface area contributed by atoms with E-state index in [1.165, 1.54) is 16.4 Å². The number of carbonyl (C=O) groups excluding carboxylic acids is 1. The second kappa shape index (κ2) is 16.5. The van der Waals surface area contributed by atoms with Crippen LogP contribution in [0.2, 0.25) is 15.1 Å². The van der Waals surface area contributed by atoms with Gasteiger partial charge in [0, 0.05) is 84.7 Å². The zero-order valence-corrected chi connectivity index (χ0v) is 32.5. The molecule has 15 heteroatoms. The average Bonchev–Trinajstić information content (AvgIpc) is 3.52. The highest BCUT2D eigenvalue weighted by molar-refractivity contribution is 7.89. The van der Waals surface area contributed by atoms with E-state index in [2.05, 4.69) is 4.90 Å². The summed E-state index contributed by atoms with van der Waals surface area (Å²) >= 11 is 19.4. The summed E-state index contributed by atoms with van der Waals surface area (Å²) in [5.41, 5.74) is 1.96. The molecule has 10 nitrogen and oxygen atoms in total. The number of benzene rings is 3. The Morgan fingerprint density at radius 2 is 1.49 bits per heavy atom. The number of piperazine rings is 1. The predicted octanol–water partition coefficient (Wildman–Crippen LogP) is 6.88. The maximum atomic E-state index is 15.0. The van der Waals surface area contributed by atoms with Crippen molar-refractivity contribution in [2.75, 3.05) is 64.4 Å². The number of amides is 2. The van der Waals surface area contributed by atoms with Gasteiger partial charge in [0.15, 0.2) is 0 Å². The molecule has 3 aromatic carbocycles. The van der Waals surface area contributed by atoms with Crippen molar-refractivity contribution in [2.24, 2.45) is 4.99 Å². The molecule has 2 amide bonds. The standard InChI is InChI=1S/C36H42Cl3N5O5S2/c1-3-49-31-24-30(39)32(51(47,48)43-15-5-4-6-16-43)23-29(31)35-40-33(25-7-11-27(37)12-8-25)34(26-9-13-28(38)14-10-26)44(35)36(45)42-19-17-41(18-20-42)21-22-50(2)46/h7-14,23-24,33-34H,3-6,15-22H2,1-2H3/t33-,34+,50?/m0/s1. The smallest absolute Gasteiger partial charge is 0.326 e. The average molecular weight is 795 g/mol. The van der Waals surface area contributed by atoms with Gasteiger partial charge >= 0.3 is 6.03 Å². The van der Waals surface area contributed by atoms with E-state index in [-0.39, 0.29) is 28.4 Å². The highest BCUT2D eigenvalue weighted by Crippen LogP contribution is 2.46. The van der Waals surface area contributed by atoms with Crippen molar-refractivity contribution in [1.29, 1.82) is 0 Å². The van der Waals surface area contributed by atoms with Crippen molar-refractivity contribution < 1.29 is 22.2 Å². The van der Waals surface area contributed by atoms with Crippen LogP contribution < -0.4 is 4.74 Å². The van der Waals surface area contributed by atoms with Crippen LogP contribution in [0, 0.1) is 0 Å². The van der Waals surface area contributed by atoms with E-state index in [0.717, 1.165) is 30.4 Å². The number of carbonyl (C=O) groups is 1. The van der Waals surface area contributed by atoms with Crippen molar-refractivity contribution in [3.05, 3.63) is 92.4 Å². The molecular weight excluding hydrogens is 753 g/mol. The summed E-state index contributed by atoms with van der Waals surface area (Å²) in [6.45, 7) is 5.75. The minimum atomic E-state index is -3.97. The van der Waals surface area contributed by atoms with Gasteiger partial charge in [-0.15, -0.1) is 0 Å². The molecule has 0 radical (unpaired) electrons. The summed E-state index contributed by atoms with van der Waals surface area (Å²) in [5, 5.41) is 1.15. The van der Waals surface area contributed by atoms with Gasteiger partial charge in [-0.2, -0.15) is 4.31 Å². The Bertz CT molecular complexity index is 1880. The number of urea groups is 1. The first-order valence-corrected chi connectivity index (χ1v) is 21.4. The summed E-state index contributed by atoms with van der Waals surface area (Å²) < 4.78 is 47.5. The molecule has 1 unspecified atom stereocenters. The van der Waals surface area contributed by atoms with Crippen molar-refractivity contribution in [3.8, 4) is 5.75 Å². The summed E-state index contributed by atoms with van der Waals surface area (Å²) in [6.07, 6.45) is 4.20. The maximum Gasteiger partial charge on any atom is 0.326 e. The molecule has 6 rings (SSSR count). The van der Waals surface area contributed by atoms with E-state index >= 15 is 0 Å². The van der Waals surface area contributed by atoms with Gasteiger partial charge in [0.1, 0.15) is 22.5 Å². The van der Waals surface area contributed by atoms with Crippen LogP contribution in [0.4, 0.5) is 4.79 Å². The molecule has 2 saturated heterocycles. The van der Waals surface area contributed by atoms with Crippen molar-refractivity contribution >= 4 is 67.5 Å². The molecule has 0 saturated carbocycles. The molecule has 0 aromatic heterocycles. The number of aliphatic imine (C=N–C) groups is 1. The second-order valence-corrected chi connectivity index (χ2v) is 17.6. The van der Waals surface area contributed by atoms with Crippen LogP contribution in [0.5, 0.6) is 5.75 Å². The molecule has 0 spiro atoms. The van der Waals surface area contributed by atoms with Gasteiger partial charge < -0.3 is 9.64 Å². The number of rotatable bonds is 10. The number of nitrogens with zero attached hydrogens (tertiary/aromatic N) is 5. The highest BCUT2D eigenvalue weighted by atomic mass is 35.5. The number of sulfonamides is 1. The van der Waals surface area contributed by atoms with Gasteiger partial charge in [-0.25, -0.2) is 13.2 Å². The summed E-state index contributed by atoms with van der Waals surface area (Å²) in [5.74, 6) is 1.16. The van der Waals surface area contributed by atoms with Gasteiger partial charge in [0.05, 0.1) is 23.2 Å². The molecule has 3 atom stereocenters. The number of piperidine rings is 1. The Kier molecular flexibility index (Phi) is 12.3. The highest BCUT2D eigenvalue weighted by Gasteiger charge is 2.45. The first kappa shape index (κ1) is 38.0. The van der Waals surface area contributed by atoms with Crippen molar-refractivity contribution in [3.63, 3.8) is 0 Å². The van der Waals surface area contributed by atoms with E-state index in [1.807, 2.05) is 31.2 Å². The number of ether oxygens (including phenoxy) is 1. The topological polar surface area (TPSA) is 103 Å². The first-order chi connectivity index (χ1) is 24.5. The SMILES string of the molecule is CCOc1cc(Cl)c(S(=O)(=O)N2CCCCC2)cc1C1=N[C@@H](c2ccc(Cl)cc2)[C@@H](c2ccc(Cl)cc2)N1C(=O)N1CCN(CCS(C)=O)CC1. The van der Waals surface area contributed by atoms with E-state index in [0.29, 0.717) is 72.9 Å². The zero-order valence-electron chi connectivity index (χ0n) is 28.6. The summed E-state index contributed by atoms with van der Waals surface area (Å²) in [6, 6.07) is 16.2. The van der Waals surface area contributed by atoms with E-state index in [4.69, 9.17) is 44.5 Å². The van der Waals surface area contributed by atoms with Crippen LogP contribution in [0.15, 0.2) is 70.6 Å². The maximum absolute atomic E-state index is 15.0. The number of hydrogen-bond acceptors (Lipinski definition) is 7.